The lowest BCUT2D eigenvalue weighted by molar-refractivity contribution is 0.0949. The van der Waals surface area contributed by atoms with Gasteiger partial charge in [0, 0.05) is 10.0 Å². The van der Waals surface area contributed by atoms with Gasteiger partial charge in [-0.3, -0.25) is 4.79 Å². The number of fused-ring (bicyclic) bond motifs is 1. The third-order valence-electron chi connectivity index (χ3n) is 6.81. The molecule has 6 rings (SSSR count). The first-order valence-corrected chi connectivity index (χ1v) is 14.3. The monoisotopic (exact) mass is 614 g/mol. The molecule has 0 saturated heterocycles. The fraction of sp³-hybridized carbons (Fsp3) is 0.0571. The molecule has 42 heavy (non-hydrogen) atoms. The van der Waals surface area contributed by atoms with Crippen molar-refractivity contribution in [2.45, 2.75) is 13.5 Å². The molecule has 0 bridgehead atoms. The van der Waals surface area contributed by atoms with Crippen molar-refractivity contribution in [3.05, 3.63) is 148 Å². The SMILES string of the molecule is Cc1cccc(-n2nc(C(=O)N/N=C\c3ccc(OCc4ccc(Br)cc4)cc3)cc2-c2ccc3ccccc3c2)c1. The zero-order chi connectivity index (χ0) is 28.9. The maximum absolute atomic E-state index is 13.1. The summed E-state index contributed by atoms with van der Waals surface area (Å²) in [5.41, 5.74) is 8.57. The van der Waals surface area contributed by atoms with Crippen LogP contribution in [0.1, 0.15) is 27.2 Å². The van der Waals surface area contributed by atoms with E-state index in [0.717, 1.165) is 54.6 Å². The molecular formula is C35H27BrN4O2. The quantitative estimate of drug-likeness (QED) is 0.139. The highest BCUT2D eigenvalue weighted by Crippen LogP contribution is 2.28. The van der Waals surface area contributed by atoms with Crippen molar-refractivity contribution < 1.29 is 9.53 Å². The van der Waals surface area contributed by atoms with Crippen molar-refractivity contribution in [3.63, 3.8) is 0 Å². The van der Waals surface area contributed by atoms with E-state index in [4.69, 9.17) is 4.74 Å². The molecule has 0 aliphatic heterocycles. The Morgan fingerprint density at radius 2 is 1.67 bits per heavy atom. The molecule has 0 unspecified atom stereocenters. The second-order valence-corrected chi connectivity index (χ2v) is 10.8. The lowest BCUT2D eigenvalue weighted by atomic mass is 10.0. The number of rotatable bonds is 8. The maximum Gasteiger partial charge on any atom is 0.291 e. The Morgan fingerprint density at radius 1 is 0.881 bits per heavy atom. The number of hydrogen-bond donors (Lipinski definition) is 1. The van der Waals surface area contributed by atoms with Gasteiger partial charge in [-0.2, -0.15) is 10.2 Å². The van der Waals surface area contributed by atoms with Gasteiger partial charge in [0.1, 0.15) is 12.4 Å². The molecule has 1 heterocycles. The van der Waals surface area contributed by atoms with Crippen LogP contribution in [-0.2, 0) is 6.61 Å². The molecule has 206 valence electrons. The van der Waals surface area contributed by atoms with E-state index in [0.29, 0.717) is 6.61 Å². The average molecular weight is 616 g/mol. The molecule has 6 nitrogen and oxygen atoms in total. The molecule has 1 N–H and O–H groups in total. The molecule has 0 radical (unpaired) electrons. The van der Waals surface area contributed by atoms with Gasteiger partial charge in [-0.15, -0.1) is 0 Å². The summed E-state index contributed by atoms with van der Waals surface area (Å²) in [4.78, 5) is 13.1. The Kier molecular flexibility index (Phi) is 7.92. The van der Waals surface area contributed by atoms with Crippen LogP contribution >= 0.6 is 15.9 Å². The van der Waals surface area contributed by atoms with Crippen LogP contribution < -0.4 is 10.2 Å². The summed E-state index contributed by atoms with van der Waals surface area (Å²) in [6.45, 7) is 2.51. The average Bonchev–Trinajstić information content (AvgIpc) is 3.47. The van der Waals surface area contributed by atoms with Crippen molar-refractivity contribution in [1.82, 2.24) is 15.2 Å². The number of aryl methyl sites for hydroxylation is 1. The smallest absolute Gasteiger partial charge is 0.291 e. The minimum Gasteiger partial charge on any atom is -0.489 e. The van der Waals surface area contributed by atoms with Crippen molar-refractivity contribution >= 4 is 38.8 Å². The zero-order valence-electron chi connectivity index (χ0n) is 22.9. The van der Waals surface area contributed by atoms with E-state index in [1.165, 1.54) is 0 Å². The van der Waals surface area contributed by atoms with E-state index in [1.54, 1.807) is 12.3 Å². The number of halogens is 1. The van der Waals surface area contributed by atoms with Crippen LogP contribution in [0, 0.1) is 6.92 Å². The Hall–Kier alpha value is -5.01. The normalized spacial score (nSPS) is 11.2. The van der Waals surface area contributed by atoms with Gasteiger partial charge in [-0.1, -0.05) is 76.6 Å². The number of amides is 1. The van der Waals surface area contributed by atoms with Crippen LogP contribution in [0.3, 0.4) is 0 Å². The van der Waals surface area contributed by atoms with E-state index >= 15 is 0 Å². The van der Waals surface area contributed by atoms with Crippen LogP contribution in [0.2, 0.25) is 0 Å². The molecule has 0 aliphatic carbocycles. The summed E-state index contributed by atoms with van der Waals surface area (Å²) in [7, 11) is 0. The summed E-state index contributed by atoms with van der Waals surface area (Å²) >= 11 is 3.44. The number of carbonyl (C=O) groups excluding carboxylic acids is 1. The Labute approximate surface area is 252 Å². The van der Waals surface area contributed by atoms with E-state index < -0.39 is 5.91 Å². The molecule has 6 aromatic rings. The van der Waals surface area contributed by atoms with Crippen LogP contribution in [0.25, 0.3) is 27.7 Å². The number of aromatic nitrogens is 2. The minimum atomic E-state index is -0.394. The minimum absolute atomic E-state index is 0.272. The zero-order valence-corrected chi connectivity index (χ0v) is 24.5. The highest BCUT2D eigenvalue weighted by molar-refractivity contribution is 9.10. The van der Waals surface area contributed by atoms with E-state index in [-0.39, 0.29) is 5.69 Å². The van der Waals surface area contributed by atoms with Crippen molar-refractivity contribution in [1.29, 1.82) is 0 Å². The Bertz CT molecular complexity index is 1890. The fourth-order valence-corrected chi connectivity index (χ4v) is 4.89. The predicted octanol–water partition coefficient (Wildman–Crippen LogP) is 8.11. The summed E-state index contributed by atoms with van der Waals surface area (Å²) in [6, 6.07) is 39.8. The van der Waals surface area contributed by atoms with E-state index in [9.17, 15) is 4.79 Å². The number of nitrogens with zero attached hydrogens (tertiary/aromatic N) is 3. The molecule has 5 aromatic carbocycles. The molecule has 1 amide bonds. The van der Waals surface area contributed by atoms with Gasteiger partial charge in [0.2, 0.25) is 0 Å². The van der Waals surface area contributed by atoms with Crippen molar-refractivity contribution in [3.8, 4) is 22.7 Å². The van der Waals surface area contributed by atoms with Gasteiger partial charge < -0.3 is 4.74 Å². The third kappa shape index (κ3) is 6.32. The standard InChI is InChI=1S/C35H27BrN4O2/c1-24-5-4-8-31(19-24)40-34(29-14-13-27-6-2-3-7-28(27)20-29)21-33(39-40)35(41)38-37-22-25-11-17-32(18-12-25)42-23-26-9-15-30(36)16-10-26/h2-22H,23H2,1H3,(H,38,41)/b37-22-. The first-order valence-electron chi connectivity index (χ1n) is 13.5. The second-order valence-electron chi connectivity index (χ2n) is 9.91. The lowest BCUT2D eigenvalue weighted by Gasteiger charge is -2.09. The van der Waals surface area contributed by atoms with Crippen molar-refractivity contribution in [2.75, 3.05) is 0 Å². The van der Waals surface area contributed by atoms with Gasteiger partial charge in [-0.05, 0) is 95.1 Å². The second kappa shape index (κ2) is 12.2. The Morgan fingerprint density at radius 3 is 2.45 bits per heavy atom. The topological polar surface area (TPSA) is 68.5 Å². The lowest BCUT2D eigenvalue weighted by Crippen LogP contribution is -2.18. The highest BCUT2D eigenvalue weighted by atomic mass is 79.9. The first kappa shape index (κ1) is 27.2. The van der Waals surface area contributed by atoms with Gasteiger partial charge in [0.15, 0.2) is 5.69 Å². The van der Waals surface area contributed by atoms with Crippen LogP contribution in [0.15, 0.2) is 131 Å². The first-order chi connectivity index (χ1) is 20.5. The molecule has 0 fully saturated rings. The highest BCUT2D eigenvalue weighted by Gasteiger charge is 2.17. The molecule has 0 aliphatic rings. The third-order valence-corrected chi connectivity index (χ3v) is 7.34. The van der Waals surface area contributed by atoms with Crippen LogP contribution in [-0.4, -0.2) is 21.9 Å². The number of hydrogen-bond acceptors (Lipinski definition) is 4. The summed E-state index contributed by atoms with van der Waals surface area (Å²) in [5.74, 6) is 0.358. The van der Waals surface area contributed by atoms with E-state index in [2.05, 4.69) is 61.9 Å². The fourth-order valence-electron chi connectivity index (χ4n) is 4.62. The molecule has 7 heteroatoms. The molecular weight excluding hydrogens is 588 g/mol. The maximum atomic E-state index is 13.1. The molecule has 0 spiro atoms. The number of carbonyl (C=O) groups is 1. The number of hydrazone groups is 1. The summed E-state index contributed by atoms with van der Waals surface area (Å²) in [6.07, 6.45) is 1.60. The van der Waals surface area contributed by atoms with Crippen LogP contribution in [0.4, 0.5) is 0 Å². The van der Waals surface area contributed by atoms with Gasteiger partial charge in [0.05, 0.1) is 17.6 Å². The molecule has 0 saturated carbocycles. The number of benzene rings is 5. The van der Waals surface area contributed by atoms with Crippen molar-refractivity contribution in [2.24, 2.45) is 5.10 Å². The summed E-state index contributed by atoms with van der Waals surface area (Å²) in [5, 5.41) is 11.1. The van der Waals surface area contributed by atoms with Crippen LogP contribution in [0.5, 0.6) is 5.75 Å². The predicted molar refractivity (Wildman–Crippen MR) is 171 cm³/mol. The largest absolute Gasteiger partial charge is 0.489 e. The Balaban J connectivity index is 1.18. The summed E-state index contributed by atoms with van der Waals surface area (Å²) < 4.78 is 8.71. The van der Waals surface area contributed by atoms with Gasteiger partial charge in [-0.25, -0.2) is 10.1 Å². The molecule has 0 atom stereocenters. The van der Waals surface area contributed by atoms with Gasteiger partial charge >= 0.3 is 0 Å². The van der Waals surface area contributed by atoms with Gasteiger partial charge in [0.25, 0.3) is 5.91 Å². The number of nitrogens with one attached hydrogen (secondary N) is 1. The molecule has 1 aromatic heterocycles. The van der Waals surface area contributed by atoms with E-state index in [1.807, 2.05) is 96.5 Å². The number of ether oxygens (including phenoxy) is 1.